The fourth-order valence-corrected chi connectivity index (χ4v) is 11.3. The summed E-state index contributed by atoms with van der Waals surface area (Å²) in [6.45, 7) is 6.55. The molecule has 50 heavy (non-hydrogen) atoms. The zero-order valence-corrected chi connectivity index (χ0v) is 29.3. The van der Waals surface area contributed by atoms with Crippen molar-refractivity contribution in [1.82, 2.24) is 0 Å². The molecule has 1 fully saturated rings. The van der Waals surface area contributed by atoms with Crippen molar-refractivity contribution in [1.29, 1.82) is 0 Å². The van der Waals surface area contributed by atoms with Gasteiger partial charge in [-0.2, -0.15) is 0 Å². The third-order valence-corrected chi connectivity index (χ3v) is 14.2. The quantitative estimate of drug-likeness (QED) is 0.0529. The van der Waals surface area contributed by atoms with E-state index >= 15 is 0 Å². The average Bonchev–Trinajstić information content (AvgIpc) is 3.14. The van der Waals surface area contributed by atoms with Gasteiger partial charge in [0.15, 0.2) is 6.29 Å². The summed E-state index contributed by atoms with van der Waals surface area (Å²) >= 11 is 0. The molecule has 5 aromatic carbocycles. The number of ether oxygens (including phenoxy) is 3. The van der Waals surface area contributed by atoms with Crippen LogP contribution in [0.3, 0.4) is 0 Å². The summed E-state index contributed by atoms with van der Waals surface area (Å²) < 4.78 is 25.8. The van der Waals surface area contributed by atoms with Gasteiger partial charge < -0.3 is 23.7 Å². The van der Waals surface area contributed by atoms with Gasteiger partial charge >= 0.3 is 5.97 Å². The van der Waals surface area contributed by atoms with Crippen LogP contribution in [-0.4, -0.2) is 56.6 Å². The first-order valence-electron chi connectivity index (χ1n) is 16.7. The van der Waals surface area contributed by atoms with Gasteiger partial charge in [-0.3, -0.25) is 0 Å². The zero-order valence-electron chi connectivity index (χ0n) is 28.3. The SMILES string of the molecule is CC(C)(C)[Si](OC[C@H]1OC(OCc2ccc3ccccc3c2)[C@H](N=[N+]=[N-])[C@H](OC(=O)c2ccccc2)[C@@H]1O)(c1ccccc1)c1ccccc1. The highest BCUT2D eigenvalue weighted by molar-refractivity contribution is 6.99. The first kappa shape index (κ1) is 35.0. The molecule has 1 saturated heterocycles. The van der Waals surface area contributed by atoms with E-state index in [0.717, 1.165) is 26.7 Å². The van der Waals surface area contributed by atoms with E-state index in [9.17, 15) is 15.4 Å². The highest BCUT2D eigenvalue weighted by Gasteiger charge is 2.53. The van der Waals surface area contributed by atoms with E-state index in [2.05, 4.69) is 55.1 Å². The fourth-order valence-electron chi connectivity index (χ4n) is 6.74. The lowest BCUT2D eigenvalue weighted by Crippen LogP contribution is -2.68. The molecule has 256 valence electrons. The molecule has 9 nitrogen and oxygen atoms in total. The minimum atomic E-state index is -3.04. The Kier molecular flexibility index (Phi) is 10.8. The molecule has 5 aromatic rings. The van der Waals surface area contributed by atoms with E-state index in [-0.39, 0.29) is 18.3 Å². The molecule has 1 N–H and O–H groups in total. The maximum Gasteiger partial charge on any atom is 0.338 e. The molecule has 0 bridgehead atoms. The molecule has 6 rings (SSSR count). The first-order chi connectivity index (χ1) is 24.2. The van der Waals surface area contributed by atoms with Crippen LogP contribution in [0, 0.1) is 0 Å². The van der Waals surface area contributed by atoms with Gasteiger partial charge in [-0.25, -0.2) is 4.79 Å². The lowest BCUT2D eigenvalue weighted by molar-refractivity contribution is -0.267. The van der Waals surface area contributed by atoms with Crippen LogP contribution in [0.2, 0.25) is 5.04 Å². The number of hydrogen-bond donors (Lipinski definition) is 1. The van der Waals surface area contributed by atoms with Crippen molar-refractivity contribution in [2.45, 2.75) is 63.1 Å². The Bertz CT molecular complexity index is 1890. The smallest absolute Gasteiger partial charge is 0.338 e. The number of esters is 1. The summed E-state index contributed by atoms with van der Waals surface area (Å²) in [6.07, 6.45) is -4.86. The maximum absolute atomic E-state index is 13.4. The number of rotatable bonds is 11. The Morgan fingerprint density at radius 1 is 0.840 bits per heavy atom. The zero-order chi connectivity index (χ0) is 35.1. The average molecular weight is 688 g/mol. The number of carbonyl (C=O) groups excluding carboxylic acids is 1. The molecule has 1 aliphatic rings. The van der Waals surface area contributed by atoms with E-state index < -0.39 is 44.9 Å². The van der Waals surface area contributed by atoms with Crippen LogP contribution in [0.1, 0.15) is 36.7 Å². The number of azide groups is 1. The van der Waals surface area contributed by atoms with Crippen LogP contribution in [0.5, 0.6) is 0 Å². The van der Waals surface area contributed by atoms with Crippen molar-refractivity contribution in [3.8, 4) is 0 Å². The third kappa shape index (κ3) is 7.36. The molecule has 0 radical (unpaired) electrons. The van der Waals surface area contributed by atoms with Crippen molar-refractivity contribution in [3.05, 3.63) is 155 Å². The van der Waals surface area contributed by atoms with E-state index in [0.29, 0.717) is 5.56 Å². The highest BCUT2D eigenvalue weighted by atomic mass is 28.4. The van der Waals surface area contributed by atoms with Gasteiger partial charge in [0, 0.05) is 4.91 Å². The van der Waals surface area contributed by atoms with Gasteiger partial charge in [-0.15, -0.1) is 0 Å². The highest BCUT2D eigenvalue weighted by Crippen LogP contribution is 2.38. The molecule has 0 aromatic heterocycles. The predicted octanol–water partition coefficient (Wildman–Crippen LogP) is 6.92. The van der Waals surface area contributed by atoms with Crippen molar-refractivity contribution in [3.63, 3.8) is 0 Å². The minimum Gasteiger partial charge on any atom is -0.455 e. The topological polar surface area (TPSA) is 123 Å². The molecule has 0 saturated carbocycles. The first-order valence-corrected chi connectivity index (χ1v) is 18.6. The van der Waals surface area contributed by atoms with Gasteiger partial charge in [0.25, 0.3) is 8.32 Å². The van der Waals surface area contributed by atoms with Gasteiger partial charge in [0.05, 0.1) is 18.8 Å². The third-order valence-electron chi connectivity index (χ3n) is 9.19. The van der Waals surface area contributed by atoms with Crippen LogP contribution < -0.4 is 10.4 Å². The minimum absolute atomic E-state index is 0.0490. The second-order valence-corrected chi connectivity index (χ2v) is 17.7. The number of carbonyl (C=O) groups is 1. The monoisotopic (exact) mass is 687 g/mol. The molecule has 1 heterocycles. The molecule has 0 aliphatic carbocycles. The Balaban J connectivity index is 1.35. The summed E-state index contributed by atoms with van der Waals surface area (Å²) in [6, 6.07) is 41.6. The van der Waals surface area contributed by atoms with E-state index in [1.165, 1.54) is 0 Å². The number of aliphatic hydroxyl groups excluding tert-OH is 1. The van der Waals surface area contributed by atoms with E-state index in [1.54, 1.807) is 30.3 Å². The largest absolute Gasteiger partial charge is 0.455 e. The second kappa shape index (κ2) is 15.4. The van der Waals surface area contributed by atoms with Crippen molar-refractivity contribution < 1.29 is 28.5 Å². The summed E-state index contributed by atoms with van der Waals surface area (Å²) in [5.74, 6) is -0.672. The number of fused-ring (bicyclic) bond motifs is 1. The summed E-state index contributed by atoms with van der Waals surface area (Å²) in [4.78, 5) is 16.4. The molecule has 0 amide bonds. The van der Waals surface area contributed by atoms with Crippen molar-refractivity contribution in [2.75, 3.05) is 6.61 Å². The molecule has 1 aliphatic heterocycles. The van der Waals surface area contributed by atoms with E-state index in [4.69, 9.17) is 18.6 Å². The fraction of sp³-hybridized carbons (Fsp3) is 0.275. The number of nitrogens with zero attached hydrogens (tertiary/aromatic N) is 3. The number of aliphatic hydroxyl groups is 1. The summed E-state index contributed by atoms with van der Waals surface area (Å²) in [7, 11) is -3.04. The predicted molar refractivity (Wildman–Crippen MR) is 196 cm³/mol. The van der Waals surface area contributed by atoms with Gasteiger partial charge in [0.2, 0.25) is 0 Å². The van der Waals surface area contributed by atoms with Crippen molar-refractivity contribution in [2.24, 2.45) is 5.11 Å². The maximum atomic E-state index is 13.4. The molecular weight excluding hydrogens is 647 g/mol. The number of benzene rings is 5. The molecule has 5 atom stereocenters. The van der Waals surface area contributed by atoms with Crippen LogP contribution in [0.4, 0.5) is 0 Å². The van der Waals surface area contributed by atoms with Gasteiger partial charge in [-0.05, 0) is 55.5 Å². The number of hydrogen-bond acceptors (Lipinski definition) is 7. The molecule has 10 heteroatoms. The molecular formula is C40H41N3O6Si. The molecule has 0 spiro atoms. The Morgan fingerprint density at radius 3 is 2.02 bits per heavy atom. The second-order valence-electron chi connectivity index (χ2n) is 13.4. The van der Waals surface area contributed by atoms with Crippen LogP contribution in [-0.2, 0) is 25.2 Å². The summed E-state index contributed by atoms with van der Waals surface area (Å²) in [5.41, 5.74) is 10.8. The molecule has 1 unspecified atom stereocenters. The summed E-state index contributed by atoms with van der Waals surface area (Å²) in [5, 5.41) is 19.7. The van der Waals surface area contributed by atoms with Crippen LogP contribution >= 0.6 is 0 Å². The normalized spacial score (nSPS) is 20.9. The lowest BCUT2D eigenvalue weighted by atomic mass is 9.97. The van der Waals surface area contributed by atoms with Gasteiger partial charge in [-0.1, -0.05) is 141 Å². The van der Waals surface area contributed by atoms with Crippen LogP contribution in [0.25, 0.3) is 21.2 Å². The van der Waals surface area contributed by atoms with Gasteiger partial charge in [0.1, 0.15) is 24.4 Å². The van der Waals surface area contributed by atoms with Crippen molar-refractivity contribution >= 4 is 35.4 Å². The Morgan fingerprint density at radius 2 is 1.42 bits per heavy atom. The Labute approximate surface area is 293 Å². The standard InChI is InChI=1S/C40H41N3O6Si/c1-40(2,3)50(32-19-9-5-10-20-32,33-21-11-6-12-22-33)47-27-34-36(44)37(49-38(45)30-16-7-4-8-17-30)35(42-43-41)39(48-34)46-26-28-23-24-29-15-13-14-18-31(29)25-28/h4-25,34-37,39,44H,26-27H2,1-3H3/t34-,35-,36-,37+,39?/m1/s1. The van der Waals surface area contributed by atoms with E-state index in [1.807, 2.05) is 78.9 Å². The lowest BCUT2D eigenvalue weighted by Gasteiger charge is -2.46. The Hall–Kier alpha value is -4.80. The van der Waals surface area contributed by atoms with Crippen LogP contribution in [0.15, 0.2) is 139 Å².